The van der Waals surface area contributed by atoms with Gasteiger partial charge < -0.3 is 0 Å². The molecule has 1 aromatic heterocycles. The topological polar surface area (TPSA) is 25.8 Å². The maximum atomic E-state index is 4.67. The molecule has 1 heterocycles. The number of fused-ring (bicyclic) bond motifs is 6. The highest BCUT2D eigenvalue weighted by Crippen LogP contribution is 2.36. The number of hydrogen-bond acceptors (Lipinski definition) is 2. The number of aromatic nitrogens is 2. The second-order valence-electron chi connectivity index (χ2n) is 7.94. The van der Waals surface area contributed by atoms with Crippen molar-refractivity contribution in [3.63, 3.8) is 0 Å². The molecule has 0 amide bonds. The van der Waals surface area contributed by atoms with E-state index in [9.17, 15) is 0 Å². The van der Waals surface area contributed by atoms with E-state index in [0.717, 1.165) is 32.7 Å². The summed E-state index contributed by atoms with van der Waals surface area (Å²) < 4.78 is 1.10. The van der Waals surface area contributed by atoms with Gasteiger partial charge in [-0.3, -0.25) is 9.97 Å². The van der Waals surface area contributed by atoms with E-state index >= 15 is 0 Å². The van der Waals surface area contributed by atoms with Crippen molar-refractivity contribution in [2.45, 2.75) is 6.42 Å². The van der Waals surface area contributed by atoms with Crippen molar-refractivity contribution in [3.8, 4) is 0 Å². The molecule has 2 nitrogen and oxygen atoms in total. The van der Waals surface area contributed by atoms with Crippen LogP contribution in [0.3, 0.4) is 0 Å². The lowest BCUT2D eigenvalue weighted by atomic mass is 9.94. The minimum atomic E-state index is 0.905. The van der Waals surface area contributed by atoms with Gasteiger partial charge >= 0.3 is 0 Å². The van der Waals surface area contributed by atoms with E-state index in [2.05, 4.69) is 111 Å². The smallest absolute Gasteiger partial charge is 0.0971 e. The summed E-state index contributed by atoms with van der Waals surface area (Å²) in [5.41, 5.74) is 6.75. The van der Waals surface area contributed by atoms with Crippen LogP contribution in [0.25, 0.3) is 43.7 Å². The van der Waals surface area contributed by atoms with Gasteiger partial charge in [0.25, 0.3) is 0 Å². The first-order valence-electron chi connectivity index (χ1n) is 10.7. The molecular weight excluding hydrogens is 456 g/mol. The molecule has 0 radical (unpaired) electrons. The molecule has 0 saturated heterocycles. The van der Waals surface area contributed by atoms with Crippen LogP contribution in [0.1, 0.15) is 17.5 Å². The Labute approximate surface area is 194 Å². The third kappa shape index (κ3) is 3.17. The second kappa shape index (κ2) is 7.85. The first-order chi connectivity index (χ1) is 15.8. The Kier molecular flexibility index (Phi) is 4.70. The Balaban J connectivity index is 1.58. The van der Waals surface area contributed by atoms with Crippen molar-refractivity contribution < 1.29 is 0 Å². The van der Waals surface area contributed by atoms with Crippen molar-refractivity contribution in [2.75, 3.05) is 0 Å². The number of rotatable bonds is 2. The zero-order valence-corrected chi connectivity index (χ0v) is 18.9. The van der Waals surface area contributed by atoms with Crippen LogP contribution in [0, 0.1) is 0 Å². The molecule has 0 fully saturated rings. The van der Waals surface area contributed by atoms with Crippen LogP contribution in [0.5, 0.6) is 0 Å². The molecule has 0 saturated carbocycles. The average molecular weight is 475 g/mol. The highest BCUT2D eigenvalue weighted by atomic mass is 79.9. The maximum absolute atomic E-state index is 4.67. The standard InChI is InChI=1S/C29H19BrN2/c30-27-12-6-5-9-22(27)21-8-2-1-7-19(17-21)20-13-14-25-26(18-20)23-10-3-4-11-24(23)28-29(25)32-16-15-31-28/h2-18H,1H2. The molecule has 0 spiro atoms. The fourth-order valence-corrected chi connectivity index (χ4v) is 5.05. The molecule has 32 heavy (non-hydrogen) atoms. The molecule has 0 atom stereocenters. The van der Waals surface area contributed by atoms with E-state index in [1.165, 1.54) is 33.0 Å². The summed E-state index contributed by atoms with van der Waals surface area (Å²) in [5, 5.41) is 4.69. The number of hydrogen-bond donors (Lipinski definition) is 0. The summed E-state index contributed by atoms with van der Waals surface area (Å²) in [6, 6.07) is 23.6. The maximum Gasteiger partial charge on any atom is 0.0971 e. The van der Waals surface area contributed by atoms with Gasteiger partial charge in [-0.2, -0.15) is 0 Å². The van der Waals surface area contributed by atoms with Gasteiger partial charge in [-0.05, 0) is 57.7 Å². The highest BCUT2D eigenvalue weighted by molar-refractivity contribution is 9.10. The fourth-order valence-electron chi connectivity index (χ4n) is 4.54. The van der Waals surface area contributed by atoms with Crippen LogP contribution in [0.15, 0.2) is 108 Å². The Bertz CT molecular complexity index is 1570. The summed E-state index contributed by atoms with van der Waals surface area (Å²) in [4.78, 5) is 9.31. The molecule has 1 aliphatic carbocycles. The molecule has 5 aromatic rings. The van der Waals surface area contributed by atoms with E-state index < -0.39 is 0 Å². The third-order valence-electron chi connectivity index (χ3n) is 6.05. The Morgan fingerprint density at radius 3 is 2.22 bits per heavy atom. The van der Waals surface area contributed by atoms with Crippen LogP contribution < -0.4 is 0 Å². The molecule has 0 bridgehead atoms. The number of halogens is 1. The van der Waals surface area contributed by atoms with Gasteiger partial charge in [0.15, 0.2) is 0 Å². The van der Waals surface area contributed by atoms with E-state index in [1.54, 1.807) is 12.4 Å². The van der Waals surface area contributed by atoms with Crippen LogP contribution in [-0.4, -0.2) is 9.97 Å². The minimum absolute atomic E-state index is 0.905. The van der Waals surface area contributed by atoms with Gasteiger partial charge in [-0.1, -0.05) is 88.8 Å². The molecule has 152 valence electrons. The molecule has 0 unspecified atom stereocenters. The molecule has 6 rings (SSSR count). The normalized spacial score (nSPS) is 13.9. The molecule has 3 heteroatoms. The number of nitrogens with zero attached hydrogens (tertiary/aromatic N) is 2. The monoisotopic (exact) mass is 474 g/mol. The predicted octanol–water partition coefficient (Wildman–Crippen LogP) is 8.13. The molecule has 0 aliphatic heterocycles. The van der Waals surface area contributed by atoms with Crippen molar-refractivity contribution in [2.24, 2.45) is 0 Å². The van der Waals surface area contributed by atoms with Crippen molar-refractivity contribution in [1.82, 2.24) is 9.97 Å². The van der Waals surface area contributed by atoms with Crippen LogP contribution >= 0.6 is 15.9 Å². The van der Waals surface area contributed by atoms with Gasteiger partial charge in [0, 0.05) is 27.6 Å². The van der Waals surface area contributed by atoms with Crippen LogP contribution in [0.2, 0.25) is 0 Å². The summed E-state index contributed by atoms with van der Waals surface area (Å²) in [7, 11) is 0. The van der Waals surface area contributed by atoms with Gasteiger partial charge in [0.05, 0.1) is 11.0 Å². The Hall–Kier alpha value is -3.56. The number of allylic oxidation sites excluding steroid dienone is 6. The average Bonchev–Trinajstić information content (AvgIpc) is 3.11. The first-order valence-corrected chi connectivity index (χ1v) is 11.5. The van der Waals surface area contributed by atoms with Crippen molar-refractivity contribution in [3.05, 3.63) is 119 Å². The largest absolute Gasteiger partial charge is 0.252 e. The summed E-state index contributed by atoms with van der Waals surface area (Å²) >= 11 is 3.71. The van der Waals surface area contributed by atoms with Gasteiger partial charge in [0.2, 0.25) is 0 Å². The van der Waals surface area contributed by atoms with E-state index in [0.29, 0.717) is 0 Å². The quantitative estimate of drug-likeness (QED) is 0.241. The fraction of sp³-hybridized carbons (Fsp3) is 0.0345. The highest BCUT2D eigenvalue weighted by Gasteiger charge is 2.13. The molecular formula is C29H19BrN2. The predicted molar refractivity (Wildman–Crippen MR) is 138 cm³/mol. The lowest BCUT2D eigenvalue weighted by molar-refractivity contribution is 1.31. The Morgan fingerprint density at radius 2 is 1.41 bits per heavy atom. The number of benzene rings is 4. The third-order valence-corrected chi connectivity index (χ3v) is 6.74. The van der Waals surface area contributed by atoms with Gasteiger partial charge in [0.1, 0.15) is 0 Å². The van der Waals surface area contributed by atoms with E-state index in [4.69, 9.17) is 0 Å². The van der Waals surface area contributed by atoms with Crippen LogP contribution in [0.4, 0.5) is 0 Å². The van der Waals surface area contributed by atoms with Gasteiger partial charge in [-0.25, -0.2) is 0 Å². The van der Waals surface area contributed by atoms with E-state index in [1.807, 2.05) is 6.07 Å². The summed E-state index contributed by atoms with van der Waals surface area (Å²) in [6.45, 7) is 0. The lowest BCUT2D eigenvalue weighted by Crippen LogP contribution is -1.90. The molecule has 1 aliphatic rings. The molecule has 4 aromatic carbocycles. The first kappa shape index (κ1) is 19.1. The van der Waals surface area contributed by atoms with Crippen molar-refractivity contribution in [1.29, 1.82) is 0 Å². The summed E-state index contributed by atoms with van der Waals surface area (Å²) in [6.07, 6.45) is 13.5. The van der Waals surface area contributed by atoms with Crippen LogP contribution in [-0.2, 0) is 0 Å². The Morgan fingerprint density at radius 1 is 0.688 bits per heavy atom. The summed E-state index contributed by atoms with van der Waals surface area (Å²) in [5.74, 6) is 0. The minimum Gasteiger partial charge on any atom is -0.252 e. The van der Waals surface area contributed by atoms with E-state index in [-0.39, 0.29) is 0 Å². The zero-order valence-electron chi connectivity index (χ0n) is 17.3. The zero-order chi connectivity index (χ0) is 21.5. The molecule has 0 N–H and O–H groups in total. The van der Waals surface area contributed by atoms with Crippen molar-refractivity contribution >= 4 is 59.7 Å². The second-order valence-corrected chi connectivity index (χ2v) is 8.79. The SMILES string of the molecule is Brc1ccccc1C1=CC(c2ccc3c(c2)c2ccccc2c2nccnc32)=CCC=C1. The lowest BCUT2D eigenvalue weighted by Gasteiger charge is -2.12. The van der Waals surface area contributed by atoms with Gasteiger partial charge in [-0.15, -0.1) is 0 Å².